The van der Waals surface area contributed by atoms with Gasteiger partial charge in [0.05, 0.1) is 12.2 Å². The highest BCUT2D eigenvalue weighted by Crippen LogP contribution is 2.39. The molecule has 1 aliphatic carbocycles. The van der Waals surface area contributed by atoms with Crippen LogP contribution in [-0.4, -0.2) is 17.4 Å². The van der Waals surface area contributed by atoms with E-state index in [1.165, 1.54) is 0 Å². The summed E-state index contributed by atoms with van der Waals surface area (Å²) < 4.78 is 0. The fourth-order valence-electron chi connectivity index (χ4n) is 2.04. The summed E-state index contributed by atoms with van der Waals surface area (Å²) in [4.78, 5) is 11.3. The second-order valence-electron chi connectivity index (χ2n) is 3.65. The van der Waals surface area contributed by atoms with Crippen molar-refractivity contribution in [1.29, 1.82) is 0 Å². The highest BCUT2D eigenvalue weighted by molar-refractivity contribution is 6.09. The maximum absolute atomic E-state index is 11.3. The van der Waals surface area contributed by atoms with E-state index in [2.05, 4.69) is 5.32 Å². The van der Waals surface area contributed by atoms with E-state index in [-0.39, 0.29) is 18.1 Å². The Labute approximate surface area is 86.7 Å². The molecule has 2 aliphatic rings. The summed E-state index contributed by atoms with van der Waals surface area (Å²) in [7, 11) is 0. The van der Waals surface area contributed by atoms with Crippen molar-refractivity contribution in [2.75, 3.05) is 6.54 Å². The van der Waals surface area contributed by atoms with E-state index in [0.717, 1.165) is 16.7 Å². The van der Waals surface area contributed by atoms with Crippen LogP contribution >= 0.6 is 0 Å². The van der Waals surface area contributed by atoms with Crippen LogP contribution in [0.4, 0.5) is 0 Å². The van der Waals surface area contributed by atoms with Gasteiger partial charge >= 0.3 is 0 Å². The maximum atomic E-state index is 11.3. The molecule has 3 rings (SSSR count). The third-order valence-electron chi connectivity index (χ3n) is 2.72. The molecule has 0 bridgehead atoms. The molecular weight excluding hydrogens is 190 g/mol. The van der Waals surface area contributed by atoms with Crippen LogP contribution in [0.1, 0.15) is 11.1 Å². The van der Waals surface area contributed by atoms with E-state index in [1.807, 2.05) is 24.3 Å². The smallest absolute Gasteiger partial charge is 0.175 e. The Morgan fingerprint density at radius 3 is 2.73 bits per heavy atom. The van der Waals surface area contributed by atoms with E-state index in [9.17, 15) is 9.90 Å². The largest absolute Gasteiger partial charge is 0.505 e. The molecule has 0 amide bonds. The van der Waals surface area contributed by atoms with Crippen LogP contribution in [0, 0.1) is 0 Å². The molecule has 3 heteroatoms. The molecule has 3 nitrogen and oxygen atoms in total. The minimum atomic E-state index is 0.0400. The van der Waals surface area contributed by atoms with Gasteiger partial charge < -0.3 is 10.4 Å². The molecule has 0 saturated carbocycles. The molecule has 1 aromatic carbocycles. The number of rotatable bonds is 0. The van der Waals surface area contributed by atoms with Gasteiger partial charge in [-0.05, 0) is 11.6 Å². The highest BCUT2D eigenvalue weighted by atomic mass is 16.3. The molecule has 0 fully saturated rings. The number of carbonyl (C=O) groups is 1. The van der Waals surface area contributed by atoms with Crippen LogP contribution < -0.4 is 5.32 Å². The first-order valence-corrected chi connectivity index (χ1v) is 4.79. The molecule has 74 valence electrons. The molecule has 0 unspecified atom stereocenters. The number of aliphatic hydroxyl groups excluding tert-OH is 1. The van der Waals surface area contributed by atoms with Gasteiger partial charge in [-0.15, -0.1) is 0 Å². The number of hydrogen-bond acceptors (Lipinski definition) is 3. The van der Waals surface area contributed by atoms with Gasteiger partial charge in [0.15, 0.2) is 5.78 Å². The van der Waals surface area contributed by atoms with Crippen molar-refractivity contribution in [1.82, 2.24) is 5.32 Å². The molecule has 1 aliphatic heterocycles. The van der Waals surface area contributed by atoms with E-state index in [4.69, 9.17) is 0 Å². The molecule has 0 atom stereocenters. The number of hydrogen-bond donors (Lipinski definition) is 2. The number of nitrogens with one attached hydrogen (secondary N) is 1. The monoisotopic (exact) mass is 199 g/mol. The first-order valence-electron chi connectivity index (χ1n) is 4.79. The summed E-state index contributed by atoms with van der Waals surface area (Å²) in [5, 5.41) is 12.9. The van der Waals surface area contributed by atoms with Crippen LogP contribution in [0.25, 0.3) is 11.3 Å². The number of carbonyl (C=O) groups excluding carboxylic acids is 1. The van der Waals surface area contributed by atoms with Gasteiger partial charge in [-0.25, -0.2) is 0 Å². The van der Waals surface area contributed by atoms with Crippen molar-refractivity contribution in [3.63, 3.8) is 0 Å². The first-order chi connectivity index (χ1) is 7.27. The molecule has 2 N–H and O–H groups in total. The fourth-order valence-corrected chi connectivity index (χ4v) is 2.04. The average molecular weight is 199 g/mol. The SMILES string of the molecule is O=C1C=C2C(=C(O)c3ccccc32)NC1. The Bertz CT molecular complexity index is 526. The molecule has 1 aromatic rings. The van der Waals surface area contributed by atoms with Crippen LogP contribution in [-0.2, 0) is 4.79 Å². The molecule has 15 heavy (non-hydrogen) atoms. The van der Waals surface area contributed by atoms with Crippen LogP contribution in [0.2, 0.25) is 0 Å². The van der Waals surface area contributed by atoms with Gasteiger partial charge in [0.2, 0.25) is 0 Å². The highest BCUT2D eigenvalue weighted by Gasteiger charge is 2.28. The zero-order valence-electron chi connectivity index (χ0n) is 7.95. The number of fused-ring (bicyclic) bond motifs is 3. The van der Waals surface area contributed by atoms with E-state index >= 15 is 0 Å². The molecule has 1 heterocycles. The number of allylic oxidation sites excluding steroid dienone is 1. The van der Waals surface area contributed by atoms with Crippen molar-refractivity contribution >= 4 is 17.1 Å². The third kappa shape index (κ3) is 1.03. The quantitative estimate of drug-likeness (QED) is 0.665. The molecule has 0 saturated heterocycles. The van der Waals surface area contributed by atoms with E-state index in [1.54, 1.807) is 6.08 Å². The normalized spacial score (nSPS) is 18.1. The lowest BCUT2D eigenvalue weighted by atomic mass is 10.0. The molecule has 0 aromatic heterocycles. The van der Waals surface area contributed by atoms with E-state index < -0.39 is 0 Å². The first kappa shape index (κ1) is 8.29. The summed E-state index contributed by atoms with van der Waals surface area (Å²) in [6.07, 6.45) is 1.59. The summed E-state index contributed by atoms with van der Waals surface area (Å²) in [5.74, 6) is 0.280. The number of aliphatic hydroxyl groups is 1. The minimum Gasteiger partial charge on any atom is -0.505 e. The Hall–Kier alpha value is -2.03. The van der Waals surface area contributed by atoms with Gasteiger partial charge in [-0.1, -0.05) is 24.3 Å². The van der Waals surface area contributed by atoms with Crippen molar-refractivity contribution < 1.29 is 9.90 Å². The topological polar surface area (TPSA) is 49.3 Å². The van der Waals surface area contributed by atoms with Gasteiger partial charge in [0.25, 0.3) is 0 Å². The van der Waals surface area contributed by atoms with Gasteiger partial charge in [0.1, 0.15) is 5.76 Å². The predicted octanol–water partition coefficient (Wildman–Crippen LogP) is 1.48. The average Bonchev–Trinajstić information content (AvgIpc) is 2.54. The Kier molecular flexibility index (Phi) is 1.51. The summed E-state index contributed by atoms with van der Waals surface area (Å²) in [6, 6.07) is 7.53. The van der Waals surface area contributed by atoms with Crippen molar-refractivity contribution in [2.24, 2.45) is 0 Å². The standard InChI is InChI=1S/C12H9NO2/c14-7-5-10-8-3-1-2-4-9(8)12(15)11(10)13-6-7/h1-5,13,15H,6H2. The Morgan fingerprint density at radius 1 is 1.20 bits per heavy atom. The second-order valence-corrected chi connectivity index (χ2v) is 3.65. The van der Waals surface area contributed by atoms with Crippen molar-refractivity contribution in [3.05, 3.63) is 47.2 Å². The van der Waals surface area contributed by atoms with Crippen molar-refractivity contribution in [2.45, 2.75) is 0 Å². The lowest BCUT2D eigenvalue weighted by molar-refractivity contribution is -0.113. The molecule has 0 radical (unpaired) electrons. The zero-order valence-corrected chi connectivity index (χ0v) is 7.95. The van der Waals surface area contributed by atoms with Gasteiger partial charge in [-0.2, -0.15) is 0 Å². The second kappa shape index (κ2) is 2.73. The summed E-state index contributed by atoms with van der Waals surface area (Å²) >= 11 is 0. The number of benzene rings is 1. The lowest BCUT2D eigenvalue weighted by Gasteiger charge is -2.13. The predicted molar refractivity (Wildman–Crippen MR) is 57.0 cm³/mol. The Morgan fingerprint density at radius 2 is 1.93 bits per heavy atom. The van der Waals surface area contributed by atoms with Gasteiger partial charge in [0, 0.05) is 11.1 Å². The van der Waals surface area contributed by atoms with Crippen LogP contribution in [0.5, 0.6) is 0 Å². The van der Waals surface area contributed by atoms with E-state index in [0.29, 0.717) is 5.70 Å². The third-order valence-corrected chi connectivity index (χ3v) is 2.72. The number of ketones is 1. The minimum absolute atomic E-state index is 0.0400. The zero-order chi connectivity index (χ0) is 10.4. The van der Waals surface area contributed by atoms with Gasteiger partial charge in [-0.3, -0.25) is 4.79 Å². The molecular formula is C12H9NO2. The lowest BCUT2D eigenvalue weighted by Crippen LogP contribution is -2.26. The Balaban J connectivity index is 2.30. The summed E-state index contributed by atoms with van der Waals surface area (Å²) in [5.41, 5.74) is 3.20. The van der Waals surface area contributed by atoms with Crippen LogP contribution in [0.3, 0.4) is 0 Å². The van der Waals surface area contributed by atoms with Crippen molar-refractivity contribution in [3.8, 4) is 0 Å². The maximum Gasteiger partial charge on any atom is 0.175 e. The summed E-state index contributed by atoms with van der Waals surface area (Å²) in [6.45, 7) is 0.261. The molecule has 0 spiro atoms. The fraction of sp³-hybridized carbons (Fsp3) is 0.0833. The van der Waals surface area contributed by atoms with Crippen LogP contribution in [0.15, 0.2) is 36.0 Å².